The van der Waals surface area contributed by atoms with Gasteiger partial charge in [-0.05, 0) is 62.6 Å². The van der Waals surface area contributed by atoms with E-state index < -0.39 is 0 Å². The van der Waals surface area contributed by atoms with E-state index in [1.54, 1.807) is 11.1 Å². The smallest absolute Gasteiger partial charge is 0.0195 e. The highest BCUT2D eigenvalue weighted by Crippen LogP contribution is 2.34. The van der Waals surface area contributed by atoms with Gasteiger partial charge in [-0.3, -0.25) is 4.90 Å². The Kier molecular flexibility index (Phi) is 3.53. The van der Waals surface area contributed by atoms with Crippen molar-refractivity contribution in [3.05, 3.63) is 35.4 Å². The van der Waals surface area contributed by atoms with Crippen molar-refractivity contribution < 1.29 is 0 Å². The van der Waals surface area contributed by atoms with Gasteiger partial charge in [-0.2, -0.15) is 0 Å². The summed E-state index contributed by atoms with van der Waals surface area (Å²) in [5.41, 5.74) is 3.20. The lowest BCUT2D eigenvalue weighted by Crippen LogP contribution is -2.46. The molecule has 0 aromatic heterocycles. The second-order valence-corrected chi connectivity index (χ2v) is 6.89. The van der Waals surface area contributed by atoms with E-state index in [1.807, 2.05) is 0 Å². The molecule has 1 aliphatic heterocycles. The van der Waals surface area contributed by atoms with E-state index in [-0.39, 0.29) is 0 Å². The van der Waals surface area contributed by atoms with Gasteiger partial charge in [0.25, 0.3) is 0 Å². The fourth-order valence-corrected chi connectivity index (χ4v) is 4.13. The Balaban J connectivity index is 1.47. The summed E-state index contributed by atoms with van der Waals surface area (Å²) in [6.45, 7) is 2.52. The fourth-order valence-electron chi connectivity index (χ4n) is 4.13. The van der Waals surface area contributed by atoms with Crippen molar-refractivity contribution in [3.8, 4) is 0 Å². The zero-order chi connectivity index (χ0) is 13.4. The van der Waals surface area contributed by atoms with Crippen molar-refractivity contribution >= 4 is 0 Å². The van der Waals surface area contributed by atoms with E-state index in [9.17, 15) is 0 Å². The van der Waals surface area contributed by atoms with Gasteiger partial charge in [-0.15, -0.1) is 0 Å². The van der Waals surface area contributed by atoms with Crippen LogP contribution in [0.25, 0.3) is 0 Å². The fraction of sp³-hybridized carbons (Fsp3) is 0.667. The van der Waals surface area contributed by atoms with Gasteiger partial charge < -0.3 is 5.32 Å². The summed E-state index contributed by atoms with van der Waals surface area (Å²) in [7, 11) is 0. The van der Waals surface area contributed by atoms with Crippen LogP contribution in [0, 0.1) is 0 Å². The largest absolute Gasteiger partial charge is 0.313 e. The molecule has 2 atom stereocenters. The zero-order valence-corrected chi connectivity index (χ0v) is 12.4. The van der Waals surface area contributed by atoms with Crippen LogP contribution in [0.3, 0.4) is 0 Å². The monoisotopic (exact) mass is 270 g/mol. The Morgan fingerprint density at radius 3 is 2.60 bits per heavy atom. The SMILES string of the molecule is c1ccc2c(c1)CCC(N(CC1CCCN1)C1CC1)C2. The second-order valence-electron chi connectivity index (χ2n) is 6.89. The quantitative estimate of drug-likeness (QED) is 0.905. The summed E-state index contributed by atoms with van der Waals surface area (Å²) >= 11 is 0. The molecule has 2 fully saturated rings. The molecule has 0 spiro atoms. The number of hydrogen-bond donors (Lipinski definition) is 1. The summed E-state index contributed by atoms with van der Waals surface area (Å²) in [4.78, 5) is 2.86. The van der Waals surface area contributed by atoms with Crippen LogP contribution in [-0.2, 0) is 12.8 Å². The molecule has 1 saturated heterocycles. The highest BCUT2D eigenvalue weighted by Gasteiger charge is 2.36. The van der Waals surface area contributed by atoms with Gasteiger partial charge in [0.2, 0.25) is 0 Å². The minimum absolute atomic E-state index is 0.757. The predicted octanol–water partition coefficient (Wildman–Crippen LogP) is 2.76. The molecule has 1 saturated carbocycles. The molecule has 2 unspecified atom stereocenters. The molecule has 108 valence electrons. The summed E-state index contributed by atoms with van der Waals surface area (Å²) in [5.74, 6) is 0. The second kappa shape index (κ2) is 5.50. The molecular weight excluding hydrogens is 244 g/mol. The Morgan fingerprint density at radius 1 is 1.00 bits per heavy atom. The topological polar surface area (TPSA) is 15.3 Å². The third-order valence-corrected chi connectivity index (χ3v) is 5.40. The number of fused-ring (bicyclic) bond motifs is 1. The maximum absolute atomic E-state index is 3.69. The maximum Gasteiger partial charge on any atom is 0.0195 e. The van der Waals surface area contributed by atoms with Crippen LogP contribution < -0.4 is 5.32 Å². The van der Waals surface area contributed by atoms with Gasteiger partial charge in [0.1, 0.15) is 0 Å². The highest BCUT2D eigenvalue weighted by molar-refractivity contribution is 5.30. The van der Waals surface area contributed by atoms with Crippen molar-refractivity contribution in [2.45, 2.75) is 63.1 Å². The number of hydrogen-bond acceptors (Lipinski definition) is 2. The molecule has 0 bridgehead atoms. The lowest BCUT2D eigenvalue weighted by Gasteiger charge is -2.37. The first-order valence-corrected chi connectivity index (χ1v) is 8.46. The summed E-state index contributed by atoms with van der Waals surface area (Å²) < 4.78 is 0. The Morgan fingerprint density at radius 2 is 1.85 bits per heavy atom. The van der Waals surface area contributed by atoms with Crippen molar-refractivity contribution in [1.82, 2.24) is 10.2 Å². The number of benzene rings is 1. The van der Waals surface area contributed by atoms with E-state index in [0.29, 0.717) is 0 Å². The summed E-state index contributed by atoms with van der Waals surface area (Å²) in [6, 6.07) is 11.5. The van der Waals surface area contributed by atoms with E-state index in [1.165, 1.54) is 58.0 Å². The molecule has 0 amide bonds. The van der Waals surface area contributed by atoms with Crippen LogP contribution in [0.5, 0.6) is 0 Å². The van der Waals surface area contributed by atoms with Crippen molar-refractivity contribution in [1.29, 1.82) is 0 Å². The first kappa shape index (κ1) is 12.8. The number of nitrogens with zero attached hydrogens (tertiary/aromatic N) is 1. The van der Waals surface area contributed by atoms with Crippen molar-refractivity contribution in [2.24, 2.45) is 0 Å². The minimum Gasteiger partial charge on any atom is -0.313 e. The first-order chi connectivity index (χ1) is 9.90. The molecule has 0 radical (unpaired) electrons. The summed E-state index contributed by atoms with van der Waals surface area (Å²) in [6.07, 6.45) is 9.54. The standard InChI is InChI=1S/C18H26N2/c1-2-5-15-12-18(8-7-14(15)4-1)20(17-9-10-17)13-16-6-3-11-19-16/h1-2,4-5,16-19H,3,6-13H2. The molecular formula is C18H26N2. The number of aryl methyl sites for hydroxylation is 1. The van der Waals surface area contributed by atoms with Crippen LogP contribution in [-0.4, -0.2) is 36.1 Å². The van der Waals surface area contributed by atoms with Crippen LogP contribution in [0.4, 0.5) is 0 Å². The van der Waals surface area contributed by atoms with Crippen LogP contribution >= 0.6 is 0 Å². The summed E-state index contributed by atoms with van der Waals surface area (Å²) in [5, 5.41) is 3.69. The molecule has 2 heteroatoms. The predicted molar refractivity (Wildman–Crippen MR) is 83.0 cm³/mol. The van der Waals surface area contributed by atoms with E-state index >= 15 is 0 Å². The Hall–Kier alpha value is -0.860. The lowest BCUT2D eigenvalue weighted by molar-refractivity contribution is 0.155. The normalized spacial score (nSPS) is 29.6. The van der Waals surface area contributed by atoms with Gasteiger partial charge in [0.15, 0.2) is 0 Å². The molecule has 20 heavy (non-hydrogen) atoms. The van der Waals surface area contributed by atoms with Crippen molar-refractivity contribution in [3.63, 3.8) is 0 Å². The number of nitrogens with one attached hydrogen (secondary N) is 1. The third kappa shape index (κ3) is 2.64. The molecule has 1 N–H and O–H groups in total. The van der Waals surface area contributed by atoms with Gasteiger partial charge in [-0.25, -0.2) is 0 Å². The maximum atomic E-state index is 3.69. The first-order valence-electron chi connectivity index (χ1n) is 8.46. The molecule has 1 heterocycles. The van der Waals surface area contributed by atoms with Gasteiger partial charge in [-0.1, -0.05) is 24.3 Å². The molecule has 4 rings (SSSR count). The van der Waals surface area contributed by atoms with Gasteiger partial charge in [0, 0.05) is 24.7 Å². The molecule has 1 aromatic carbocycles. The molecule has 1 aromatic rings. The van der Waals surface area contributed by atoms with E-state index in [0.717, 1.165) is 18.1 Å². The van der Waals surface area contributed by atoms with E-state index in [4.69, 9.17) is 0 Å². The lowest BCUT2D eigenvalue weighted by atomic mass is 9.87. The van der Waals surface area contributed by atoms with Crippen LogP contribution in [0.15, 0.2) is 24.3 Å². The Labute approximate surface area is 122 Å². The highest BCUT2D eigenvalue weighted by atomic mass is 15.2. The average Bonchev–Trinajstić information content (AvgIpc) is 3.21. The van der Waals surface area contributed by atoms with E-state index in [2.05, 4.69) is 34.5 Å². The third-order valence-electron chi connectivity index (χ3n) is 5.40. The molecule has 2 nitrogen and oxygen atoms in total. The van der Waals surface area contributed by atoms with Crippen LogP contribution in [0.1, 0.15) is 43.2 Å². The number of rotatable bonds is 4. The molecule has 2 aliphatic carbocycles. The minimum atomic E-state index is 0.757. The Bertz CT molecular complexity index is 460. The molecule has 3 aliphatic rings. The van der Waals surface area contributed by atoms with Gasteiger partial charge >= 0.3 is 0 Å². The van der Waals surface area contributed by atoms with Gasteiger partial charge in [0.05, 0.1) is 0 Å². The average molecular weight is 270 g/mol. The zero-order valence-electron chi connectivity index (χ0n) is 12.4. The van der Waals surface area contributed by atoms with Crippen molar-refractivity contribution in [2.75, 3.05) is 13.1 Å². The van der Waals surface area contributed by atoms with Crippen LogP contribution in [0.2, 0.25) is 0 Å².